The highest BCUT2D eigenvalue weighted by molar-refractivity contribution is 6.45. The molecule has 1 radical (unpaired) electrons. The van der Waals surface area contributed by atoms with Gasteiger partial charge in [0.1, 0.15) is 11.5 Å². The minimum absolute atomic E-state index is 0.462. The number of fused-ring (bicyclic) bond motifs is 9. The summed E-state index contributed by atoms with van der Waals surface area (Å²) in [7, 11) is 1.17. The van der Waals surface area contributed by atoms with Crippen molar-refractivity contribution in [1.82, 2.24) is 0 Å². The molecule has 0 fully saturated rings. The highest BCUT2D eigenvalue weighted by Crippen LogP contribution is 2.61. The summed E-state index contributed by atoms with van der Waals surface area (Å²) in [5.41, 5.74) is 7.47. The average Bonchev–Trinajstić information content (AvgIpc) is 3.05. The second-order valence-corrected chi connectivity index (χ2v) is 7.32. The molecule has 0 unspecified atom stereocenters. The second-order valence-electron chi connectivity index (χ2n) is 7.32. The third-order valence-corrected chi connectivity index (χ3v) is 6.02. The summed E-state index contributed by atoms with van der Waals surface area (Å²) in [6, 6.07) is 31.3. The largest absolute Gasteiger partial charge is 0.457 e. The van der Waals surface area contributed by atoms with E-state index in [1.54, 1.807) is 0 Å². The van der Waals surface area contributed by atoms with Crippen molar-refractivity contribution < 1.29 is 9.76 Å². The molecule has 1 spiro atoms. The van der Waals surface area contributed by atoms with E-state index in [0.717, 1.165) is 28.1 Å². The molecule has 2 nitrogen and oxygen atoms in total. The Hall–Kier alpha value is -3.30. The van der Waals surface area contributed by atoms with Gasteiger partial charge in [-0.25, -0.2) is 0 Å². The van der Waals surface area contributed by atoms with E-state index < -0.39 is 5.41 Å². The summed E-state index contributed by atoms with van der Waals surface area (Å²) < 4.78 is 6.29. The van der Waals surface area contributed by atoms with Crippen LogP contribution in [-0.4, -0.2) is 12.5 Å². The molecule has 1 N–H and O–H groups in total. The Morgan fingerprint density at radius 1 is 0.607 bits per heavy atom. The lowest BCUT2D eigenvalue weighted by Gasteiger charge is -2.39. The first-order valence-corrected chi connectivity index (χ1v) is 9.43. The van der Waals surface area contributed by atoms with Gasteiger partial charge in [-0.3, -0.25) is 0 Å². The van der Waals surface area contributed by atoms with Crippen LogP contribution >= 0.6 is 0 Å². The summed E-state index contributed by atoms with van der Waals surface area (Å²) in [6.07, 6.45) is 0. The number of hydrogen-bond donors (Lipinski definition) is 1. The van der Waals surface area contributed by atoms with Gasteiger partial charge in [0.15, 0.2) is 0 Å². The Morgan fingerprint density at radius 3 is 1.86 bits per heavy atom. The lowest BCUT2D eigenvalue weighted by atomic mass is 9.65. The van der Waals surface area contributed by atoms with Gasteiger partial charge in [0.2, 0.25) is 0 Å². The molecule has 4 aromatic rings. The van der Waals surface area contributed by atoms with Crippen LogP contribution in [0.3, 0.4) is 0 Å². The molecule has 0 saturated carbocycles. The third kappa shape index (κ3) is 1.82. The van der Waals surface area contributed by atoms with Crippen LogP contribution in [0.1, 0.15) is 22.3 Å². The molecule has 28 heavy (non-hydrogen) atoms. The van der Waals surface area contributed by atoms with Crippen molar-refractivity contribution in [2.45, 2.75) is 5.41 Å². The molecule has 6 rings (SSSR count). The molecule has 0 saturated heterocycles. The van der Waals surface area contributed by atoms with Gasteiger partial charge >= 0.3 is 7.48 Å². The first kappa shape index (κ1) is 15.7. The van der Waals surface area contributed by atoms with Gasteiger partial charge in [0.25, 0.3) is 0 Å². The van der Waals surface area contributed by atoms with Gasteiger partial charge in [0.05, 0.1) is 5.41 Å². The SMILES string of the molecule is O[B]c1ccc2c(c1)C1(c3ccccc3Oc3ccccc31)c1ccccc1-2. The maximum Gasteiger partial charge on any atom is 0.326 e. The monoisotopic (exact) mass is 359 g/mol. The van der Waals surface area contributed by atoms with E-state index in [0.29, 0.717) is 0 Å². The van der Waals surface area contributed by atoms with Crippen molar-refractivity contribution in [3.05, 3.63) is 113 Å². The van der Waals surface area contributed by atoms with Crippen molar-refractivity contribution in [1.29, 1.82) is 0 Å². The van der Waals surface area contributed by atoms with Crippen molar-refractivity contribution in [3.8, 4) is 22.6 Å². The molecule has 3 heteroatoms. The first-order valence-electron chi connectivity index (χ1n) is 9.43. The molecular formula is C25H16BO2. The Labute approximate surface area is 164 Å². The van der Waals surface area contributed by atoms with Crippen LogP contribution in [0.15, 0.2) is 91.0 Å². The summed E-state index contributed by atoms with van der Waals surface area (Å²) in [5.74, 6) is 1.75. The minimum Gasteiger partial charge on any atom is -0.457 e. The van der Waals surface area contributed by atoms with Crippen LogP contribution < -0.4 is 10.2 Å². The Kier molecular flexibility index (Phi) is 3.15. The molecule has 0 atom stereocenters. The molecule has 0 bridgehead atoms. The normalized spacial score (nSPS) is 14.5. The van der Waals surface area contributed by atoms with E-state index in [-0.39, 0.29) is 0 Å². The number of benzene rings is 4. The Balaban J connectivity index is 1.84. The zero-order valence-electron chi connectivity index (χ0n) is 15.1. The molecular weight excluding hydrogens is 343 g/mol. The Bertz CT molecular complexity index is 1200. The molecule has 1 heterocycles. The van der Waals surface area contributed by atoms with Crippen LogP contribution in [0.5, 0.6) is 11.5 Å². The minimum atomic E-state index is -0.462. The van der Waals surface area contributed by atoms with Crippen LogP contribution in [0.25, 0.3) is 11.1 Å². The zero-order chi connectivity index (χ0) is 18.7. The van der Waals surface area contributed by atoms with Gasteiger partial charge in [0, 0.05) is 11.1 Å². The highest BCUT2D eigenvalue weighted by atomic mass is 16.5. The molecule has 0 aromatic heterocycles. The van der Waals surface area contributed by atoms with E-state index in [9.17, 15) is 5.02 Å². The molecule has 1 aliphatic heterocycles. The summed E-state index contributed by atoms with van der Waals surface area (Å²) in [4.78, 5) is 0. The quantitative estimate of drug-likeness (QED) is 0.441. The number of para-hydroxylation sites is 2. The van der Waals surface area contributed by atoms with E-state index in [1.165, 1.54) is 29.7 Å². The predicted molar refractivity (Wildman–Crippen MR) is 111 cm³/mol. The summed E-state index contributed by atoms with van der Waals surface area (Å²) in [5, 5.41) is 9.71. The van der Waals surface area contributed by atoms with Crippen LogP contribution in [-0.2, 0) is 5.41 Å². The van der Waals surface area contributed by atoms with Crippen LogP contribution in [0.4, 0.5) is 0 Å². The van der Waals surface area contributed by atoms with Crippen LogP contribution in [0.2, 0.25) is 0 Å². The third-order valence-electron chi connectivity index (χ3n) is 6.02. The number of hydrogen-bond acceptors (Lipinski definition) is 2. The fourth-order valence-corrected chi connectivity index (χ4v) is 4.95. The van der Waals surface area contributed by atoms with Crippen molar-refractivity contribution in [2.75, 3.05) is 0 Å². The predicted octanol–water partition coefficient (Wildman–Crippen LogP) is 4.39. The van der Waals surface area contributed by atoms with E-state index in [4.69, 9.17) is 4.74 Å². The fraction of sp³-hybridized carbons (Fsp3) is 0.0400. The standard InChI is InChI=1S/C25H16BO2/c27-26-16-13-14-18-17-7-1-2-8-19(17)25(22(18)15-16)20-9-3-5-11-23(20)28-24-12-6-4-10-21(24)25/h1-15,27H. The number of ether oxygens (including phenoxy) is 1. The average molecular weight is 359 g/mol. The molecule has 2 aliphatic rings. The van der Waals surface area contributed by atoms with Gasteiger partial charge in [-0.1, -0.05) is 84.3 Å². The van der Waals surface area contributed by atoms with E-state index >= 15 is 0 Å². The zero-order valence-corrected chi connectivity index (χ0v) is 15.1. The molecule has 131 valence electrons. The van der Waals surface area contributed by atoms with Crippen molar-refractivity contribution >= 4 is 12.9 Å². The van der Waals surface area contributed by atoms with Gasteiger partial charge < -0.3 is 9.76 Å². The lowest BCUT2D eigenvalue weighted by Crippen LogP contribution is -2.33. The summed E-state index contributed by atoms with van der Waals surface area (Å²) in [6.45, 7) is 0. The Morgan fingerprint density at radius 2 is 1.18 bits per heavy atom. The van der Waals surface area contributed by atoms with E-state index in [1.807, 2.05) is 30.3 Å². The van der Waals surface area contributed by atoms with Crippen molar-refractivity contribution in [3.63, 3.8) is 0 Å². The van der Waals surface area contributed by atoms with Gasteiger partial charge in [-0.15, -0.1) is 0 Å². The first-order chi connectivity index (χ1) is 13.8. The van der Waals surface area contributed by atoms with Gasteiger partial charge in [-0.2, -0.15) is 0 Å². The topological polar surface area (TPSA) is 29.5 Å². The number of rotatable bonds is 1. The summed E-state index contributed by atoms with van der Waals surface area (Å²) >= 11 is 0. The van der Waals surface area contributed by atoms with Gasteiger partial charge in [-0.05, 0) is 34.4 Å². The van der Waals surface area contributed by atoms with Crippen molar-refractivity contribution in [2.24, 2.45) is 0 Å². The maximum absolute atomic E-state index is 9.71. The maximum atomic E-state index is 9.71. The lowest BCUT2D eigenvalue weighted by molar-refractivity contribution is 0.436. The fourth-order valence-electron chi connectivity index (χ4n) is 4.95. The highest BCUT2D eigenvalue weighted by Gasteiger charge is 2.50. The second kappa shape index (κ2) is 5.60. The molecule has 0 amide bonds. The van der Waals surface area contributed by atoms with E-state index in [2.05, 4.69) is 60.7 Å². The van der Waals surface area contributed by atoms with Crippen LogP contribution in [0, 0.1) is 0 Å². The molecule has 1 aliphatic carbocycles. The smallest absolute Gasteiger partial charge is 0.326 e. The molecule has 4 aromatic carbocycles.